The minimum atomic E-state index is 0.330. The largest absolute Gasteiger partial charge is 0.383 e. The third-order valence-electron chi connectivity index (χ3n) is 6.24. The van der Waals surface area contributed by atoms with Crippen LogP contribution in [-0.2, 0) is 6.54 Å². The molecule has 0 amide bonds. The monoisotopic (exact) mass is 512 g/mol. The predicted octanol–water partition coefficient (Wildman–Crippen LogP) is 8.09. The summed E-state index contributed by atoms with van der Waals surface area (Å²) in [6.45, 7) is 20.0. The van der Waals surface area contributed by atoms with Crippen LogP contribution in [0.5, 0.6) is 0 Å². The Morgan fingerprint density at radius 1 is 0.846 bits per heavy atom. The maximum atomic E-state index is 6.30. The number of rotatable bonds is 11. The number of allylic oxidation sites excluding steroid dienone is 6. The molecule has 196 valence electrons. The van der Waals surface area contributed by atoms with Crippen molar-refractivity contribution in [1.82, 2.24) is 4.57 Å². The lowest BCUT2D eigenvalue weighted by atomic mass is 10.1. The molecule has 4 heteroatoms. The van der Waals surface area contributed by atoms with Gasteiger partial charge in [0.25, 0.3) is 0 Å². The highest BCUT2D eigenvalue weighted by Gasteiger charge is 2.15. The van der Waals surface area contributed by atoms with Crippen LogP contribution in [0.1, 0.15) is 33.6 Å². The first-order valence-electron chi connectivity index (χ1n) is 12.7. The smallest absolute Gasteiger partial charge is 0.157 e. The van der Waals surface area contributed by atoms with Gasteiger partial charge in [0.05, 0.1) is 6.54 Å². The number of amidine groups is 2. The van der Waals surface area contributed by atoms with Crippen molar-refractivity contribution in [3.63, 3.8) is 0 Å². The number of nitrogens with two attached hydrogens (primary N) is 1. The maximum absolute atomic E-state index is 6.30. The number of aromatic nitrogens is 1. The molecule has 0 aliphatic heterocycles. The molecule has 3 aromatic rings. The third-order valence-corrected chi connectivity index (χ3v) is 6.24. The minimum absolute atomic E-state index is 0.330. The zero-order chi connectivity index (χ0) is 28.2. The van der Waals surface area contributed by atoms with Crippen LogP contribution in [0.2, 0.25) is 0 Å². The lowest BCUT2D eigenvalue weighted by Gasteiger charge is -2.12. The Kier molecular flexibility index (Phi) is 10.3. The third kappa shape index (κ3) is 7.08. The first kappa shape index (κ1) is 28.6. The van der Waals surface area contributed by atoms with E-state index in [9.17, 15) is 0 Å². The first-order chi connectivity index (χ1) is 18.9. The Hall–Kier alpha value is -4.96. The van der Waals surface area contributed by atoms with E-state index in [1.54, 1.807) is 30.4 Å². The van der Waals surface area contributed by atoms with E-state index in [0.717, 1.165) is 28.2 Å². The van der Waals surface area contributed by atoms with Gasteiger partial charge in [-0.25, -0.2) is 4.99 Å². The number of benzene rings is 2. The Labute approximate surface area is 232 Å². The summed E-state index contributed by atoms with van der Waals surface area (Å²) in [5.41, 5.74) is 14.6. The van der Waals surface area contributed by atoms with Crippen LogP contribution < -0.4 is 5.73 Å². The van der Waals surface area contributed by atoms with E-state index in [2.05, 4.69) is 86.1 Å². The van der Waals surface area contributed by atoms with Crippen molar-refractivity contribution >= 4 is 23.8 Å². The molecule has 0 radical (unpaired) electrons. The van der Waals surface area contributed by atoms with Crippen LogP contribution in [0.3, 0.4) is 0 Å². The fourth-order valence-corrected chi connectivity index (χ4v) is 4.15. The summed E-state index contributed by atoms with van der Waals surface area (Å²) >= 11 is 0. The average molecular weight is 513 g/mol. The molecule has 3 rings (SSSR count). The van der Waals surface area contributed by atoms with Crippen molar-refractivity contribution in [2.24, 2.45) is 15.7 Å². The van der Waals surface area contributed by atoms with Gasteiger partial charge in [-0.05, 0) is 54.8 Å². The highest BCUT2D eigenvalue weighted by atomic mass is 15.0. The highest BCUT2D eigenvalue weighted by Crippen LogP contribution is 2.29. The standard InChI is InChI=1S/C35H36N4/c1-7-11-22-32-26(5)27(6)33(23-12-8-2)39(32)31-21-16-18-28(24-31)25-37-35(30-19-14-13-15-20-30)38-34(36)29(10-4)17-9-3/h7-24H,1-4,25H2,5-6H3,(H2,36,37,38)/b22-11-,23-12-,29-17+. The van der Waals surface area contributed by atoms with Crippen LogP contribution in [0.25, 0.3) is 17.8 Å². The van der Waals surface area contributed by atoms with Crippen LogP contribution in [0.15, 0.2) is 139 Å². The van der Waals surface area contributed by atoms with E-state index in [1.807, 2.05) is 42.5 Å². The SMILES string of the molecule is C=C/C=C\c1c(C)c(C)c(/C=C\C=C)n1-c1cccc(CN=C(N=C(N)/C(C=C)=C/C=C)c2ccccc2)c1. The summed E-state index contributed by atoms with van der Waals surface area (Å²) in [4.78, 5) is 9.54. The average Bonchev–Trinajstić information content (AvgIpc) is 3.20. The lowest BCUT2D eigenvalue weighted by Crippen LogP contribution is -2.16. The second kappa shape index (κ2) is 14.1. The van der Waals surface area contributed by atoms with Gasteiger partial charge in [-0.15, -0.1) is 0 Å². The van der Waals surface area contributed by atoms with Gasteiger partial charge in [0.15, 0.2) is 5.84 Å². The molecule has 0 saturated carbocycles. The van der Waals surface area contributed by atoms with Gasteiger partial charge >= 0.3 is 0 Å². The number of nitrogens with zero attached hydrogens (tertiary/aromatic N) is 3. The zero-order valence-electron chi connectivity index (χ0n) is 22.8. The van der Waals surface area contributed by atoms with Gasteiger partial charge in [0.2, 0.25) is 0 Å². The van der Waals surface area contributed by atoms with Gasteiger partial charge in [0.1, 0.15) is 5.84 Å². The molecule has 0 aliphatic rings. The fraction of sp³-hybridized carbons (Fsp3) is 0.0857. The molecule has 0 spiro atoms. The summed E-state index contributed by atoms with van der Waals surface area (Å²) in [5.74, 6) is 0.879. The fourth-order valence-electron chi connectivity index (χ4n) is 4.15. The zero-order valence-corrected chi connectivity index (χ0v) is 22.8. The summed E-state index contributed by atoms with van der Waals surface area (Å²) in [5, 5.41) is 0. The molecule has 39 heavy (non-hydrogen) atoms. The van der Waals surface area contributed by atoms with E-state index < -0.39 is 0 Å². The van der Waals surface area contributed by atoms with Crippen LogP contribution in [-0.4, -0.2) is 16.2 Å². The molecule has 0 unspecified atom stereocenters. The van der Waals surface area contributed by atoms with Gasteiger partial charge in [-0.1, -0.05) is 111 Å². The molecule has 4 nitrogen and oxygen atoms in total. The van der Waals surface area contributed by atoms with Gasteiger partial charge in [-0.2, -0.15) is 0 Å². The summed E-state index contributed by atoms with van der Waals surface area (Å²) < 4.78 is 2.25. The minimum Gasteiger partial charge on any atom is -0.383 e. The van der Waals surface area contributed by atoms with Crippen molar-refractivity contribution < 1.29 is 0 Å². The Morgan fingerprint density at radius 3 is 2.05 bits per heavy atom. The summed E-state index contributed by atoms with van der Waals surface area (Å²) in [6, 6.07) is 18.2. The lowest BCUT2D eigenvalue weighted by molar-refractivity contribution is 1.01. The summed E-state index contributed by atoms with van der Waals surface area (Å²) in [7, 11) is 0. The van der Waals surface area contributed by atoms with E-state index in [1.165, 1.54) is 11.1 Å². The topological polar surface area (TPSA) is 55.7 Å². The second-order valence-electron chi connectivity index (χ2n) is 8.78. The Bertz CT molecular complexity index is 1460. The molecular formula is C35H36N4. The molecule has 0 aliphatic carbocycles. The molecule has 0 atom stereocenters. The summed E-state index contributed by atoms with van der Waals surface area (Å²) in [6.07, 6.45) is 16.8. The first-order valence-corrected chi connectivity index (χ1v) is 12.7. The molecule has 0 fully saturated rings. The predicted molar refractivity (Wildman–Crippen MR) is 170 cm³/mol. The molecule has 0 saturated heterocycles. The normalized spacial score (nSPS) is 12.7. The number of hydrogen-bond acceptors (Lipinski definition) is 1. The van der Waals surface area contributed by atoms with Crippen molar-refractivity contribution in [2.45, 2.75) is 20.4 Å². The highest BCUT2D eigenvalue weighted by molar-refractivity contribution is 6.11. The van der Waals surface area contributed by atoms with Crippen molar-refractivity contribution in [2.75, 3.05) is 0 Å². The van der Waals surface area contributed by atoms with Crippen molar-refractivity contribution in [3.8, 4) is 5.69 Å². The van der Waals surface area contributed by atoms with E-state index in [-0.39, 0.29) is 0 Å². The van der Waals surface area contributed by atoms with Gasteiger partial charge < -0.3 is 10.3 Å². The van der Waals surface area contributed by atoms with Crippen LogP contribution in [0, 0.1) is 13.8 Å². The molecule has 1 heterocycles. The van der Waals surface area contributed by atoms with E-state index in [0.29, 0.717) is 23.8 Å². The molecule has 1 aromatic heterocycles. The van der Waals surface area contributed by atoms with E-state index >= 15 is 0 Å². The van der Waals surface area contributed by atoms with Crippen molar-refractivity contribution in [3.05, 3.63) is 163 Å². The molecule has 2 aromatic carbocycles. The Morgan fingerprint density at radius 2 is 1.49 bits per heavy atom. The molecule has 2 N–H and O–H groups in total. The number of hydrogen-bond donors (Lipinski definition) is 1. The van der Waals surface area contributed by atoms with Gasteiger partial charge in [-0.3, -0.25) is 4.99 Å². The maximum Gasteiger partial charge on any atom is 0.157 e. The van der Waals surface area contributed by atoms with Crippen molar-refractivity contribution in [1.29, 1.82) is 0 Å². The molecule has 0 bridgehead atoms. The van der Waals surface area contributed by atoms with Crippen LogP contribution >= 0.6 is 0 Å². The quantitative estimate of drug-likeness (QED) is 0.157. The van der Waals surface area contributed by atoms with Crippen LogP contribution in [0.4, 0.5) is 0 Å². The van der Waals surface area contributed by atoms with Gasteiger partial charge in [0, 0.05) is 28.2 Å². The van der Waals surface area contributed by atoms with E-state index in [4.69, 9.17) is 10.7 Å². The Balaban J connectivity index is 2.11. The molecular weight excluding hydrogens is 476 g/mol. The second-order valence-corrected chi connectivity index (χ2v) is 8.78. The number of aliphatic imine (C=N–C) groups is 2.